The molecule has 1 amide bonds. The van der Waals surface area contributed by atoms with Crippen molar-refractivity contribution in [2.24, 2.45) is 5.92 Å². The molecule has 1 aliphatic heterocycles. The standard InChI is InChI=1S/C10H18N2O3/c1-7(2)6-12-4-3-11-10(15)8(12)5-9(13)14/h7-8H,3-6H2,1-2H3,(H,11,15)(H,13,14). The van der Waals surface area contributed by atoms with E-state index in [4.69, 9.17) is 0 Å². The maximum Gasteiger partial charge on any atom is 0.278 e. The molecule has 1 fully saturated rings. The molecule has 1 heterocycles. The number of aliphatic carboxylic acids is 1. The van der Waals surface area contributed by atoms with Crippen LogP contribution in [0.3, 0.4) is 0 Å². The molecular formula is C10H18N2O3. The number of piperazine rings is 1. The first-order chi connectivity index (χ1) is 7.00. The number of carboxylic acids is 1. The number of hydrogen-bond donors (Lipinski definition) is 2. The Morgan fingerprint density at radius 3 is 2.87 bits per heavy atom. The molecule has 0 aliphatic carbocycles. The lowest BCUT2D eigenvalue weighted by atomic mass is 10.1. The second-order valence-electron chi connectivity index (χ2n) is 4.43. The minimum atomic E-state index is -1.15. The summed E-state index contributed by atoms with van der Waals surface area (Å²) in [5, 5.41) is 13.2. The van der Waals surface area contributed by atoms with Gasteiger partial charge < -0.3 is 20.1 Å². The van der Waals surface area contributed by atoms with E-state index in [1.807, 2.05) is 0 Å². The molecule has 1 rings (SSSR count). The molecule has 5 nitrogen and oxygen atoms in total. The fraction of sp³-hybridized carbons (Fsp3) is 0.800. The molecule has 0 aromatic carbocycles. The topological polar surface area (TPSA) is 73.7 Å². The van der Waals surface area contributed by atoms with Crippen molar-refractivity contribution in [3.63, 3.8) is 0 Å². The number of quaternary nitrogens is 1. The van der Waals surface area contributed by atoms with Crippen LogP contribution in [0.5, 0.6) is 0 Å². The number of carboxylic acid groups (broad SMARTS) is 1. The van der Waals surface area contributed by atoms with Gasteiger partial charge in [-0.25, -0.2) is 0 Å². The first-order valence-corrected chi connectivity index (χ1v) is 5.33. The van der Waals surface area contributed by atoms with Gasteiger partial charge in [0.05, 0.1) is 19.6 Å². The number of amides is 1. The van der Waals surface area contributed by atoms with Crippen LogP contribution < -0.4 is 15.3 Å². The molecule has 2 unspecified atom stereocenters. The van der Waals surface area contributed by atoms with Crippen LogP contribution in [-0.4, -0.2) is 37.6 Å². The summed E-state index contributed by atoms with van der Waals surface area (Å²) in [6, 6.07) is -0.480. The summed E-state index contributed by atoms with van der Waals surface area (Å²) in [6.07, 6.45) is -0.187. The van der Waals surface area contributed by atoms with E-state index in [-0.39, 0.29) is 12.3 Å². The van der Waals surface area contributed by atoms with Crippen molar-refractivity contribution in [2.45, 2.75) is 26.3 Å². The monoisotopic (exact) mass is 214 g/mol. The van der Waals surface area contributed by atoms with Gasteiger partial charge in [-0.1, -0.05) is 13.8 Å². The van der Waals surface area contributed by atoms with Gasteiger partial charge in [-0.3, -0.25) is 4.79 Å². The van der Waals surface area contributed by atoms with Gasteiger partial charge in [0, 0.05) is 18.3 Å². The fourth-order valence-electron chi connectivity index (χ4n) is 2.00. The van der Waals surface area contributed by atoms with Gasteiger partial charge in [0.2, 0.25) is 0 Å². The lowest BCUT2D eigenvalue weighted by Crippen LogP contribution is -3.20. The first kappa shape index (κ1) is 12.0. The zero-order valence-electron chi connectivity index (χ0n) is 9.21. The zero-order chi connectivity index (χ0) is 11.4. The predicted molar refractivity (Wildman–Crippen MR) is 52.0 cm³/mol. The Morgan fingerprint density at radius 1 is 1.67 bits per heavy atom. The van der Waals surface area contributed by atoms with Crippen LogP contribution in [0.4, 0.5) is 0 Å². The van der Waals surface area contributed by atoms with Crippen molar-refractivity contribution in [3.8, 4) is 0 Å². The van der Waals surface area contributed by atoms with E-state index in [1.54, 1.807) is 0 Å². The van der Waals surface area contributed by atoms with Crippen molar-refractivity contribution in [1.29, 1.82) is 0 Å². The van der Waals surface area contributed by atoms with Crippen molar-refractivity contribution in [2.75, 3.05) is 19.6 Å². The van der Waals surface area contributed by atoms with Crippen LogP contribution >= 0.6 is 0 Å². The van der Waals surface area contributed by atoms with Crippen molar-refractivity contribution >= 4 is 11.9 Å². The molecule has 0 radical (unpaired) electrons. The first-order valence-electron chi connectivity index (χ1n) is 5.33. The van der Waals surface area contributed by atoms with E-state index < -0.39 is 12.0 Å². The smallest absolute Gasteiger partial charge is 0.278 e. The Balaban J connectivity index is 2.63. The van der Waals surface area contributed by atoms with Crippen molar-refractivity contribution in [1.82, 2.24) is 5.32 Å². The average molecular weight is 214 g/mol. The van der Waals surface area contributed by atoms with E-state index in [9.17, 15) is 14.7 Å². The normalized spacial score (nSPS) is 26.5. The van der Waals surface area contributed by atoms with Gasteiger partial charge in [-0.15, -0.1) is 0 Å². The van der Waals surface area contributed by atoms with E-state index in [0.717, 1.165) is 18.0 Å². The predicted octanol–water partition coefficient (Wildman–Crippen LogP) is -2.83. The van der Waals surface area contributed by atoms with Crippen LogP contribution in [0, 0.1) is 5.92 Å². The lowest BCUT2D eigenvalue weighted by Gasteiger charge is -2.33. The summed E-state index contributed by atoms with van der Waals surface area (Å²) in [5.74, 6) is -0.866. The van der Waals surface area contributed by atoms with Crippen LogP contribution in [0.25, 0.3) is 0 Å². The number of hydrogen-bond acceptors (Lipinski definition) is 3. The highest BCUT2D eigenvalue weighted by Gasteiger charge is 2.33. The fourth-order valence-corrected chi connectivity index (χ4v) is 2.00. The van der Waals surface area contributed by atoms with Gasteiger partial charge in [-0.05, 0) is 0 Å². The highest BCUT2D eigenvalue weighted by molar-refractivity contribution is 5.84. The SMILES string of the molecule is CC(C)C[NH+]1CCNC(=O)C1CC(=O)[O-]. The van der Waals surface area contributed by atoms with Crippen molar-refractivity contribution < 1.29 is 19.6 Å². The quantitative estimate of drug-likeness (QED) is 0.529. The minimum absolute atomic E-state index is 0.166. The Labute approximate surface area is 89.4 Å². The Bertz CT molecular complexity index is 253. The Hall–Kier alpha value is -1.10. The molecule has 0 saturated carbocycles. The van der Waals surface area contributed by atoms with Crippen LogP contribution in [0.15, 0.2) is 0 Å². The summed E-state index contributed by atoms with van der Waals surface area (Å²) in [6.45, 7) is 6.38. The highest BCUT2D eigenvalue weighted by Crippen LogP contribution is 1.93. The van der Waals surface area contributed by atoms with E-state index in [1.165, 1.54) is 0 Å². The van der Waals surface area contributed by atoms with E-state index in [2.05, 4.69) is 19.2 Å². The number of rotatable bonds is 4. The number of carbonyl (C=O) groups is 2. The molecule has 0 aromatic heterocycles. The van der Waals surface area contributed by atoms with Gasteiger partial charge in [0.1, 0.15) is 0 Å². The van der Waals surface area contributed by atoms with E-state index >= 15 is 0 Å². The third-order valence-electron chi connectivity index (χ3n) is 2.60. The lowest BCUT2D eigenvalue weighted by molar-refractivity contribution is -0.920. The maximum atomic E-state index is 11.5. The zero-order valence-corrected chi connectivity index (χ0v) is 9.21. The van der Waals surface area contributed by atoms with Gasteiger partial charge >= 0.3 is 0 Å². The van der Waals surface area contributed by atoms with Crippen molar-refractivity contribution in [3.05, 3.63) is 0 Å². The molecule has 0 aromatic rings. The number of nitrogens with one attached hydrogen (secondary N) is 2. The molecule has 2 N–H and O–H groups in total. The molecule has 1 saturated heterocycles. The van der Waals surface area contributed by atoms with Gasteiger partial charge in [-0.2, -0.15) is 0 Å². The van der Waals surface area contributed by atoms with Crippen LogP contribution in [0.2, 0.25) is 0 Å². The van der Waals surface area contributed by atoms with Crippen LogP contribution in [-0.2, 0) is 9.59 Å². The molecule has 2 atom stereocenters. The Morgan fingerprint density at radius 2 is 2.33 bits per heavy atom. The second kappa shape index (κ2) is 5.11. The summed E-state index contributed by atoms with van der Waals surface area (Å²) in [7, 11) is 0. The molecular weight excluding hydrogens is 196 g/mol. The van der Waals surface area contributed by atoms with Crippen LogP contribution in [0.1, 0.15) is 20.3 Å². The van der Waals surface area contributed by atoms with Gasteiger partial charge in [0.25, 0.3) is 5.91 Å². The molecule has 1 aliphatic rings. The molecule has 15 heavy (non-hydrogen) atoms. The summed E-state index contributed by atoms with van der Waals surface area (Å²) in [5.41, 5.74) is 0. The maximum absolute atomic E-state index is 11.5. The summed E-state index contributed by atoms with van der Waals surface area (Å²) < 4.78 is 0. The molecule has 0 bridgehead atoms. The highest BCUT2D eigenvalue weighted by atomic mass is 16.4. The largest absolute Gasteiger partial charge is 0.550 e. The average Bonchev–Trinajstić information content (AvgIpc) is 2.09. The van der Waals surface area contributed by atoms with E-state index in [0.29, 0.717) is 12.5 Å². The number of carbonyl (C=O) groups excluding carboxylic acids is 2. The second-order valence-corrected chi connectivity index (χ2v) is 4.43. The molecule has 86 valence electrons. The third kappa shape index (κ3) is 3.51. The summed E-state index contributed by atoms with van der Waals surface area (Å²) in [4.78, 5) is 23.1. The summed E-state index contributed by atoms with van der Waals surface area (Å²) >= 11 is 0. The Kier molecular flexibility index (Phi) is 4.08. The molecule has 0 spiro atoms. The van der Waals surface area contributed by atoms with Gasteiger partial charge in [0.15, 0.2) is 6.04 Å². The third-order valence-corrected chi connectivity index (χ3v) is 2.60. The molecule has 5 heteroatoms. The minimum Gasteiger partial charge on any atom is -0.550 e.